The van der Waals surface area contributed by atoms with Gasteiger partial charge in [0.1, 0.15) is 6.10 Å². The predicted octanol–water partition coefficient (Wildman–Crippen LogP) is 6.46. The van der Waals surface area contributed by atoms with E-state index >= 15 is 0 Å². The van der Waals surface area contributed by atoms with Crippen molar-refractivity contribution in [3.63, 3.8) is 0 Å². The van der Waals surface area contributed by atoms with Crippen LogP contribution in [0.25, 0.3) is 0 Å². The van der Waals surface area contributed by atoms with Crippen LogP contribution in [-0.2, 0) is 9.09 Å². The van der Waals surface area contributed by atoms with Crippen molar-refractivity contribution < 1.29 is 49.9 Å². The summed E-state index contributed by atoms with van der Waals surface area (Å²) in [5.74, 6) is 0. The Morgan fingerprint density at radius 1 is 0.850 bits per heavy atom. The molecule has 0 spiro atoms. The van der Waals surface area contributed by atoms with Crippen LogP contribution < -0.4 is 0 Å². The van der Waals surface area contributed by atoms with E-state index in [0.717, 1.165) is 12.8 Å². The molecule has 0 aliphatic heterocycles. The van der Waals surface area contributed by atoms with Crippen LogP contribution in [0.5, 0.6) is 0 Å². The van der Waals surface area contributed by atoms with Crippen molar-refractivity contribution >= 4 is 8.03 Å². The summed E-state index contributed by atoms with van der Waals surface area (Å²) in [4.78, 5) is 0. The maximum atomic E-state index is 12.0. The Balaban J connectivity index is 0. The van der Waals surface area contributed by atoms with Gasteiger partial charge in [0.2, 0.25) is 0 Å². The molecule has 0 saturated heterocycles. The van der Waals surface area contributed by atoms with Gasteiger partial charge >= 0.3 is 8.03 Å². The average Bonchev–Trinajstić information content (AvgIpc) is 2.39. The van der Waals surface area contributed by atoms with E-state index in [1.807, 2.05) is 0 Å². The van der Waals surface area contributed by atoms with E-state index in [-0.39, 0.29) is 52.6 Å². The third-order valence-electron chi connectivity index (χ3n) is 3.58. The molecule has 0 aliphatic carbocycles. The fourth-order valence-corrected chi connectivity index (χ4v) is 3.23. The van der Waals surface area contributed by atoms with Crippen LogP contribution in [0.3, 0.4) is 0 Å². The Bertz CT molecular complexity index is 225. The first-order valence-corrected chi connectivity index (χ1v) is 9.49. The Hall–Kier alpha value is 1.41. The Labute approximate surface area is 160 Å². The van der Waals surface area contributed by atoms with Gasteiger partial charge in [0.05, 0.1) is 0 Å². The molecule has 118 valence electrons. The van der Waals surface area contributed by atoms with E-state index in [0.29, 0.717) is 0 Å². The molecule has 2 nitrogen and oxygen atoms in total. The minimum atomic E-state index is -1.48. The summed E-state index contributed by atoms with van der Waals surface area (Å²) in [5.41, 5.74) is 0.213. The standard InChI is InChI=1S/C16H34O2P.Nd/c1-5-7-9-11-13-15(3)18-19(17)16(4)14-12-10-8-6-2;/h15-16H,5-14H2,1-4H3;/q+1;. The van der Waals surface area contributed by atoms with Gasteiger partial charge in [-0.25, -0.2) is 0 Å². The first-order chi connectivity index (χ1) is 9.11. The molecule has 0 heterocycles. The Morgan fingerprint density at radius 3 is 1.85 bits per heavy atom. The smallest absolute Gasteiger partial charge is 0.143 e. The van der Waals surface area contributed by atoms with E-state index in [1.54, 1.807) is 0 Å². The second-order valence-corrected chi connectivity index (χ2v) is 7.41. The second kappa shape index (κ2) is 16.8. The first-order valence-electron chi connectivity index (χ1n) is 8.24. The van der Waals surface area contributed by atoms with Crippen LogP contribution in [0.2, 0.25) is 0 Å². The topological polar surface area (TPSA) is 26.3 Å². The molecule has 0 aromatic heterocycles. The summed E-state index contributed by atoms with van der Waals surface area (Å²) < 4.78 is 17.7. The first kappa shape index (κ1) is 23.7. The van der Waals surface area contributed by atoms with Crippen molar-refractivity contribution in [3.05, 3.63) is 0 Å². The van der Waals surface area contributed by atoms with Crippen LogP contribution in [0, 0.1) is 40.8 Å². The predicted molar refractivity (Wildman–Crippen MR) is 85.1 cm³/mol. The van der Waals surface area contributed by atoms with Crippen LogP contribution in [-0.4, -0.2) is 11.8 Å². The molecule has 0 aliphatic rings. The van der Waals surface area contributed by atoms with Crippen molar-refractivity contribution in [1.82, 2.24) is 0 Å². The summed E-state index contributed by atoms with van der Waals surface area (Å²) in [7, 11) is -1.48. The normalized spacial score (nSPS) is 14.5. The van der Waals surface area contributed by atoms with Gasteiger partial charge in [0, 0.05) is 40.8 Å². The summed E-state index contributed by atoms with van der Waals surface area (Å²) in [6.45, 7) is 8.56. The van der Waals surface area contributed by atoms with E-state index in [4.69, 9.17) is 4.52 Å². The zero-order chi connectivity index (χ0) is 14.5. The van der Waals surface area contributed by atoms with Crippen molar-refractivity contribution in [2.24, 2.45) is 0 Å². The SMILES string of the molecule is CCCCCCC(C)O[P+](=O)C(C)CCCCCC.[Nd]. The van der Waals surface area contributed by atoms with Gasteiger partial charge in [-0.05, 0) is 37.7 Å². The molecular formula is C16H34NdO2P+. The summed E-state index contributed by atoms with van der Waals surface area (Å²) >= 11 is 0. The molecule has 0 N–H and O–H groups in total. The number of rotatable bonds is 13. The van der Waals surface area contributed by atoms with Gasteiger partial charge in [-0.15, -0.1) is 4.52 Å². The van der Waals surface area contributed by atoms with Gasteiger partial charge in [0.15, 0.2) is 5.66 Å². The number of hydrogen-bond donors (Lipinski definition) is 0. The van der Waals surface area contributed by atoms with Crippen molar-refractivity contribution in [2.45, 2.75) is 104 Å². The quantitative estimate of drug-likeness (QED) is 0.246. The number of unbranched alkanes of at least 4 members (excludes halogenated alkanes) is 6. The molecule has 0 aromatic rings. The summed E-state index contributed by atoms with van der Waals surface area (Å²) in [6, 6.07) is 0. The Morgan fingerprint density at radius 2 is 1.35 bits per heavy atom. The average molecular weight is 434 g/mol. The third-order valence-corrected chi connectivity index (χ3v) is 5.13. The number of hydrogen-bond acceptors (Lipinski definition) is 2. The molecule has 0 amide bonds. The molecule has 0 rings (SSSR count). The van der Waals surface area contributed by atoms with Crippen LogP contribution in [0.15, 0.2) is 0 Å². The molecule has 0 saturated carbocycles. The molecule has 3 unspecified atom stereocenters. The minimum absolute atomic E-state index is 0. The monoisotopic (exact) mass is 431 g/mol. The zero-order valence-electron chi connectivity index (χ0n) is 14.0. The molecule has 0 radical (unpaired) electrons. The van der Waals surface area contributed by atoms with Crippen molar-refractivity contribution in [2.75, 3.05) is 0 Å². The largest absolute Gasteiger partial charge is 0.511 e. The van der Waals surface area contributed by atoms with Gasteiger partial charge < -0.3 is 0 Å². The van der Waals surface area contributed by atoms with Gasteiger partial charge in [-0.3, -0.25) is 0 Å². The third kappa shape index (κ3) is 14.4. The summed E-state index contributed by atoms with van der Waals surface area (Å²) in [5, 5.41) is 0. The van der Waals surface area contributed by atoms with E-state index in [2.05, 4.69) is 27.7 Å². The molecular weight excluding hydrogens is 399 g/mol. The van der Waals surface area contributed by atoms with Gasteiger partial charge in [0.25, 0.3) is 0 Å². The van der Waals surface area contributed by atoms with Crippen molar-refractivity contribution in [1.29, 1.82) is 0 Å². The molecule has 0 bridgehead atoms. The fraction of sp³-hybridized carbons (Fsp3) is 1.00. The molecule has 4 heteroatoms. The summed E-state index contributed by atoms with van der Waals surface area (Å²) in [6.07, 6.45) is 12.3. The maximum absolute atomic E-state index is 12.0. The van der Waals surface area contributed by atoms with Crippen molar-refractivity contribution in [3.8, 4) is 0 Å². The van der Waals surface area contributed by atoms with Crippen LogP contribution in [0.1, 0.15) is 91.9 Å². The van der Waals surface area contributed by atoms with E-state index in [9.17, 15) is 4.57 Å². The zero-order valence-corrected chi connectivity index (χ0v) is 18.1. The van der Waals surface area contributed by atoms with Gasteiger partial charge in [-0.2, -0.15) is 0 Å². The maximum Gasteiger partial charge on any atom is 0.511 e. The van der Waals surface area contributed by atoms with Crippen LogP contribution in [0.4, 0.5) is 0 Å². The van der Waals surface area contributed by atoms with Crippen LogP contribution >= 0.6 is 8.03 Å². The minimum Gasteiger partial charge on any atom is -0.143 e. The fourth-order valence-electron chi connectivity index (χ4n) is 2.16. The second-order valence-electron chi connectivity index (χ2n) is 5.75. The molecule has 0 fully saturated rings. The molecule has 20 heavy (non-hydrogen) atoms. The van der Waals surface area contributed by atoms with E-state index in [1.165, 1.54) is 51.4 Å². The van der Waals surface area contributed by atoms with E-state index < -0.39 is 8.03 Å². The Kier molecular flexibility index (Phi) is 19.9. The molecule has 0 aromatic carbocycles. The molecule has 3 atom stereocenters. The van der Waals surface area contributed by atoms with Gasteiger partial charge in [-0.1, -0.05) is 58.8 Å².